The number of amides is 1. The molecule has 0 saturated heterocycles. The van der Waals surface area contributed by atoms with Gasteiger partial charge in [0.15, 0.2) is 6.61 Å². The van der Waals surface area contributed by atoms with E-state index in [-0.39, 0.29) is 29.2 Å². The number of halogens is 2. The van der Waals surface area contributed by atoms with E-state index in [9.17, 15) is 13.6 Å². The summed E-state index contributed by atoms with van der Waals surface area (Å²) in [6.07, 6.45) is 0. The normalized spacial score (nSPS) is 10.6. The Labute approximate surface area is 157 Å². The summed E-state index contributed by atoms with van der Waals surface area (Å²) in [5, 5.41) is 10.1. The van der Waals surface area contributed by atoms with Crippen LogP contribution in [0, 0.1) is 18.6 Å². The predicted molar refractivity (Wildman–Crippen MR) is 95.5 cm³/mol. The SMILES string of the molecule is Cc1cccc(OCc2nnc(SCC(=O)Nc3cc(F)ccc3F)o2)c1. The highest BCUT2D eigenvalue weighted by Gasteiger charge is 2.12. The molecular weight excluding hydrogens is 376 g/mol. The largest absolute Gasteiger partial charge is 0.484 e. The summed E-state index contributed by atoms with van der Waals surface area (Å²) >= 11 is 0.979. The zero-order valence-electron chi connectivity index (χ0n) is 14.2. The first kappa shape index (κ1) is 18.8. The molecule has 0 atom stereocenters. The molecule has 2 aromatic carbocycles. The molecule has 6 nitrogen and oxygen atoms in total. The molecule has 0 fully saturated rings. The number of ether oxygens (including phenoxy) is 1. The fourth-order valence-corrected chi connectivity index (χ4v) is 2.69. The minimum absolute atomic E-state index is 0.0950. The van der Waals surface area contributed by atoms with E-state index < -0.39 is 17.5 Å². The molecule has 1 N–H and O–H groups in total. The number of anilines is 1. The number of nitrogens with one attached hydrogen (secondary N) is 1. The minimum Gasteiger partial charge on any atom is -0.484 e. The van der Waals surface area contributed by atoms with Crippen LogP contribution in [0.3, 0.4) is 0 Å². The van der Waals surface area contributed by atoms with Gasteiger partial charge in [0.2, 0.25) is 5.91 Å². The molecule has 0 bridgehead atoms. The lowest BCUT2D eigenvalue weighted by atomic mass is 10.2. The third-order valence-corrected chi connectivity index (χ3v) is 4.15. The highest BCUT2D eigenvalue weighted by atomic mass is 32.2. The van der Waals surface area contributed by atoms with E-state index in [0.717, 1.165) is 35.5 Å². The lowest BCUT2D eigenvalue weighted by Crippen LogP contribution is -2.15. The van der Waals surface area contributed by atoms with Crippen LogP contribution in [0.2, 0.25) is 0 Å². The standard InChI is InChI=1S/C18H15F2N3O3S/c1-11-3-2-4-13(7-11)25-9-17-22-23-18(26-17)27-10-16(24)21-15-8-12(19)5-6-14(15)20/h2-8H,9-10H2,1H3,(H,21,24). The Morgan fingerprint density at radius 3 is 2.89 bits per heavy atom. The Bertz CT molecular complexity index is 949. The Balaban J connectivity index is 1.49. The first-order chi connectivity index (χ1) is 13.0. The predicted octanol–water partition coefficient (Wildman–Crippen LogP) is 3.97. The average molecular weight is 391 g/mol. The van der Waals surface area contributed by atoms with Gasteiger partial charge in [-0.3, -0.25) is 4.79 Å². The molecule has 0 aliphatic carbocycles. The second kappa shape index (κ2) is 8.63. The van der Waals surface area contributed by atoms with Gasteiger partial charge in [0, 0.05) is 6.07 Å². The first-order valence-electron chi connectivity index (χ1n) is 7.89. The lowest BCUT2D eigenvalue weighted by Gasteiger charge is -2.05. The number of hydrogen-bond acceptors (Lipinski definition) is 6. The van der Waals surface area contributed by atoms with Gasteiger partial charge < -0.3 is 14.5 Å². The van der Waals surface area contributed by atoms with E-state index in [4.69, 9.17) is 9.15 Å². The molecule has 27 heavy (non-hydrogen) atoms. The van der Waals surface area contributed by atoms with Crippen molar-refractivity contribution in [3.8, 4) is 5.75 Å². The summed E-state index contributed by atoms with van der Waals surface area (Å²) in [7, 11) is 0. The maximum atomic E-state index is 13.5. The summed E-state index contributed by atoms with van der Waals surface area (Å²) in [5.41, 5.74) is 0.841. The quantitative estimate of drug-likeness (QED) is 0.614. The Morgan fingerprint density at radius 1 is 1.22 bits per heavy atom. The van der Waals surface area contributed by atoms with Crippen molar-refractivity contribution in [2.45, 2.75) is 18.8 Å². The van der Waals surface area contributed by atoms with E-state index in [1.165, 1.54) is 0 Å². The fraction of sp³-hybridized carbons (Fsp3) is 0.167. The van der Waals surface area contributed by atoms with Crippen molar-refractivity contribution in [2.24, 2.45) is 0 Å². The number of thioether (sulfide) groups is 1. The molecule has 0 spiro atoms. The molecule has 3 aromatic rings. The van der Waals surface area contributed by atoms with E-state index in [1.54, 1.807) is 0 Å². The molecular formula is C18H15F2N3O3S. The summed E-state index contributed by atoms with van der Waals surface area (Å²) in [4.78, 5) is 11.9. The van der Waals surface area contributed by atoms with Gasteiger partial charge in [-0.25, -0.2) is 8.78 Å². The summed E-state index contributed by atoms with van der Waals surface area (Å²) in [6.45, 7) is 2.05. The second-order valence-electron chi connectivity index (χ2n) is 5.53. The number of rotatable bonds is 7. The van der Waals surface area contributed by atoms with E-state index in [1.807, 2.05) is 31.2 Å². The van der Waals surface area contributed by atoms with Crippen molar-refractivity contribution >= 4 is 23.4 Å². The van der Waals surface area contributed by atoms with Crippen molar-refractivity contribution in [2.75, 3.05) is 11.1 Å². The Morgan fingerprint density at radius 2 is 2.07 bits per heavy atom. The van der Waals surface area contributed by atoms with E-state index in [0.29, 0.717) is 5.75 Å². The number of aryl methyl sites for hydroxylation is 1. The third kappa shape index (κ3) is 5.52. The Kier molecular flexibility index (Phi) is 6.02. The monoisotopic (exact) mass is 391 g/mol. The van der Waals surface area contributed by atoms with Crippen LogP contribution >= 0.6 is 11.8 Å². The van der Waals surface area contributed by atoms with Crippen LogP contribution in [-0.2, 0) is 11.4 Å². The number of carbonyl (C=O) groups is 1. The molecule has 9 heteroatoms. The molecule has 140 valence electrons. The number of nitrogens with zero attached hydrogens (tertiary/aromatic N) is 2. The Hall–Kier alpha value is -2.94. The number of aromatic nitrogens is 2. The van der Waals surface area contributed by atoms with Gasteiger partial charge >= 0.3 is 0 Å². The molecule has 1 amide bonds. The zero-order chi connectivity index (χ0) is 19.2. The molecule has 0 saturated carbocycles. The summed E-state index contributed by atoms with van der Waals surface area (Å²) in [6, 6.07) is 10.3. The molecule has 0 unspecified atom stereocenters. The van der Waals surface area contributed by atoms with Gasteiger partial charge in [-0.2, -0.15) is 0 Å². The number of benzene rings is 2. The second-order valence-corrected chi connectivity index (χ2v) is 6.45. The molecule has 0 aliphatic rings. The maximum absolute atomic E-state index is 13.5. The zero-order valence-corrected chi connectivity index (χ0v) is 15.1. The van der Waals surface area contributed by atoms with Crippen molar-refractivity contribution in [1.29, 1.82) is 0 Å². The molecule has 0 radical (unpaired) electrons. The van der Waals surface area contributed by atoms with Crippen LogP contribution in [0.1, 0.15) is 11.5 Å². The minimum atomic E-state index is -0.719. The van der Waals surface area contributed by atoms with E-state index in [2.05, 4.69) is 15.5 Å². The maximum Gasteiger partial charge on any atom is 0.277 e. The molecule has 3 rings (SSSR count). The van der Waals surface area contributed by atoms with Crippen LogP contribution in [-0.4, -0.2) is 21.9 Å². The van der Waals surface area contributed by atoms with Crippen molar-refractivity contribution in [3.05, 3.63) is 65.6 Å². The van der Waals surface area contributed by atoms with Gasteiger partial charge in [-0.05, 0) is 36.8 Å². The molecule has 0 aliphatic heterocycles. The van der Waals surface area contributed by atoms with Crippen LogP contribution in [0.15, 0.2) is 52.1 Å². The van der Waals surface area contributed by atoms with Gasteiger partial charge in [0.1, 0.15) is 17.4 Å². The fourth-order valence-electron chi connectivity index (χ4n) is 2.11. The van der Waals surface area contributed by atoms with E-state index >= 15 is 0 Å². The summed E-state index contributed by atoms with van der Waals surface area (Å²) < 4.78 is 37.5. The third-order valence-electron chi connectivity index (χ3n) is 3.33. The van der Waals surface area contributed by atoms with Crippen LogP contribution in [0.5, 0.6) is 5.75 Å². The van der Waals surface area contributed by atoms with Gasteiger partial charge in [0.25, 0.3) is 11.1 Å². The first-order valence-corrected chi connectivity index (χ1v) is 8.88. The molecule has 1 heterocycles. The lowest BCUT2D eigenvalue weighted by molar-refractivity contribution is -0.113. The van der Waals surface area contributed by atoms with Crippen molar-refractivity contribution in [1.82, 2.24) is 10.2 Å². The smallest absolute Gasteiger partial charge is 0.277 e. The van der Waals surface area contributed by atoms with Crippen LogP contribution in [0.25, 0.3) is 0 Å². The van der Waals surface area contributed by atoms with Crippen molar-refractivity contribution in [3.63, 3.8) is 0 Å². The van der Waals surface area contributed by atoms with Crippen LogP contribution < -0.4 is 10.1 Å². The van der Waals surface area contributed by atoms with Crippen molar-refractivity contribution < 1.29 is 22.7 Å². The topological polar surface area (TPSA) is 77.2 Å². The number of hydrogen-bond donors (Lipinski definition) is 1. The van der Waals surface area contributed by atoms with Gasteiger partial charge in [-0.15, -0.1) is 10.2 Å². The highest BCUT2D eigenvalue weighted by molar-refractivity contribution is 7.99. The summed E-state index contributed by atoms with van der Waals surface area (Å²) in [5.74, 6) is -1.05. The van der Waals surface area contributed by atoms with Crippen LogP contribution in [0.4, 0.5) is 14.5 Å². The number of carbonyl (C=O) groups excluding carboxylic acids is 1. The average Bonchev–Trinajstić information content (AvgIpc) is 3.09. The van der Waals surface area contributed by atoms with Gasteiger partial charge in [0.05, 0.1) is 11.4 Å². The van der Waals surface area contributed by atoms with Gasteiger partial charge in [-0.1, -0.05) is 23.9 Å². The molecule has 1 aromatic heterocycles. The highest BCUT2D eigenvalue weighted by Crippen LogP contribution is 2.20.